The van der Waals surface area contributed by atoms with E-state index in [0.717, 1.165) is 13.0 Å². The fraction of sp³-hybridized carbons (Fsp3) is 0.415. The molecule has 0 saturated carbocycles. The van der Waals surface area contributed by atoms with E-state index in [1.807, 2.05) is 39.8 Å². The molecule has 6 N–H and O–H groups in total. The molecule has 5 aromatic heterocycles. The van der Waals surface area contributed by atoms with Gasteiger partial charge in [-0.15, -0.1) is 4.68 Å². The zero-order valence-electron chi connectivity index (χ0n) is 36.1. The Balaban J connectivity index is 0.00000141. The predicted molar refractivity (Wildman–Crippen MR) is 228 cm³/mol. The lowest BCUT2D eigenvalue weighted by molar-refractivity contribution is -0.606. The number of aromatic nitrogens is 10. The predicted octanol–water partition coefficient (Wildman–Crippen LogP) is 2.32. The van der Waals surface area contributed by atoms with Crippen molar-refractivity contribution in [2.75, 3.05) is 36.9 Å². The van der Waals surface area contributed by atoms with Crippen molar-refractivity contribution >= 4 is 57.7 Å². The van der Waals surface area contributed by atoms with Crippen molar-refractivity contribution in [1.82, 2.24) is 48.5 Å². The van der Waals surface area contributed by atoms with Gasteiger partial charge in [0.2, 0.25) is 23.7 Å². The third kappa shape index (κ3) is 7.75. The molecule has 3 aliphatic rings. The van der Waals surface area contributed by atoms with Crippen molar-refractivity contribution in [1.29, 1.82) is 0 Å². The summed E-state index contributed by atoms with van der Waals surface area (Å²) in [4.78, 5) is 69.6. The first-order valence-electron chi connectivity index (χ1n) is 20.6. The maximum atomic E-state index is 14.5. The number of hydrogen-bond donors (Lipinski definition) is 4. The molecule has 326 valence electrons. The monoisotopic (exact) mass is 850 g/mol. The Kier molecular flexibility index (Phi) is 12.2. The number of carbonyl (C=O) groups is 4. The van der Waals surface area contributed by atoms with E-state index < -0.39 is 23.6 Å². The summed E-state index contributed by atoms with van der Waals surface area (Å²) in [6, 6.07) is 5.01. The molecule has 3 aliphatic heterocycles. The SMILES string of the molecule is CC.CC.Cc1nn(C)c2c1-[n+]1c(C)nn(C)c1C(=O)Nc1nc3cc(C(N)=O)cnc3n1C/C=C/Cn1c(nc3cc(C(N)=O)cc(OCCN4CC5CC4CO5)c31)NC2=O. The number of aryl methyl sites for hydroxylation is 4. The van der Waals surface area contributed by atoms with Crippen molar-refractivity contribution in [3.8, 4) is 11.4 Å². The van der Waals surface area contributed by atoms with Crippen molar-refractivity contribution < 1.29 is 33.2 Å². The van der Waals surface area contributed by atoms with Crippen LogP contribution in [0.4, 0.5) is 11.9 Å². The van der Waals surface area contributed by atoms with Gasteiger partial charge in [0.25, 0.3) is 11.7 Å². The number of fused-ring (bicyclic) bond motifs is 11. The van der Waals surface area contributed by atoms with Crippen LogP contribution >= 0.6 is 0 Å². The molecule has 0 spiro atoms. The largest absolute Gasteiger partial charge is 0.490 e. The van der Waals surface area contributed by atoms with Crippen LogP contribution in [-0.2, 0) is 31.9 Å². The number of allylic oxidation sites excluding steroid dienone is 2. The number of anilines is 2. The number of nitrogens with zero attached hydrogens (tertiary/aromatic N) is 11. The number of pyridine rings is 1. The first-order valence-corrected chi connectivity index (χ1v) is 20.6. The summed E-state index contributed by atoms with van der Waals surface area (Å²) in [6.45, 7) is 14.3. The molecule has 21 nitrogen and oxygen atoms in total. The van der Waals surface area contributed by atoms with Crippen LogP contribution in [0.1, 0.15) is 87.5 Å². The molecule has 2 fully saturated rings. The highest BCUT2D eigenvalue weighted by molar-refractivity contribution is 6.06. The second-order valence-corrected chi connectivity index (χ2v) is 14.5. The molecule has 6 aromatic rings. The quantitative estimate of drug-likeness (QED) is 0.139. The topological polar surface area (TPSA) is 254 Å². The number of nitrogens with one attached hydrogen (secondary N) is 2. The van der Waals surface area contributed by atoms with Crippen LogP contribution in [-0.4, -0.2) is 111 Å². The summed E-state index contributed by atoms with van der Waals surface area (Å²) in [7, 11) is 3.24. The average molecular weight is 851 g/mol. The summed E-state index contributed by atoms with van der Waals surface area (Å²) in [6.07, 6.45) is 6.27. The first-order chi connectivity index (χ1) is 29.9. The number of benzene rings is 1. The molecule has 2 saturated heterocycles. The minimum atomic E-state index is -0.676. The number of imidazole rings is 2. The standard InChI is InChI=1S/C37H39N15O6.2C2H6/c1-18-27-29(47(3)45-18)33(55)43-36-41-24-11-20(30(38)53)13-26(57-10-9-49-16-23-14-22(49)17-58-23)28(24)50(36)7-5-6-8-51-32-25(12-21(15-40-32)31(39)54)42-37(51)44-34(56)35-48(4)46-19(2)52(27)35;2*1-2/h5-6,11-13,15,22-23H,7-10,14,16-17H2,1-4H3,(H5-,38,39,41,42,43,44,53,54,55,56);2*1-2H3/p+1/b6-5+;;. The summed E-state index contributed by atoms with van der Waals surface area (Å²) >= 11 is 0. The number of likely N-dealkylation sites (tertiary alicyclic amines) is 1. The van der Waals surface area contributed by atoms with Gasteiger partial charge in [0, 0.05) is 63.1 Å². The van der Waals surface area contributed by atoms with Gasteiger partial charge in [0.15, 0.2) is 17.0 Å². The highest BCUT2D eigenvalue weighted by Gasteiger charge is 2.39. The zero-order chi connectivity index (χ0) is 44.6. The Morgan fingerprint density at radius 3 is 2.23 bits per heavy atom. The van der Waals surface area contributed by atoms with Gasteiger partial charge >= 0.3 is 11.7 Å². The van der Waals surface area contributed by atoms with Gasteiger partial charge < -0.3 is 25.5 Å². The molecule has 2 unspecified atom stereocenters. The number of amides is 4. The minimum Gasteiger partial charge on any atom is -0.490 e. The Labute approximate surface area is 356 Å². The van der Waals surface area contributed by atoms with Gasteiger partial charge in [-0.2, -0.15) is 9.67 Å². The van der Waals surface area contributed by atoms with E-state index in [4.69, 9.17) is 25.9 Å². The van der Waals surface area contributed by atoms with E-state index in [1.165, 1.54) is 21.6 Å². The fourth-order valence-corrected chi connectivity index (χ4v) is 8.17. The molecule has 9 rings (SSSR count). The summed E-state index contributed by atoms with van der Waals surface area (Å²) < 4.78 is 20.0. The maximum absolute atomic E-state index is 14.5. The van der Waals surface area contributed by atoms with E-state index in [-0.39, 0.29) is 53.7 Å². The molecule has 2 atom stereocenters. The number of ether oxygens (including phenoxy) is 2. The van der Waals surface area contributed by atoms with Crippen LogP contribution in [0.3, 0.4) is 0 Å². The lowest BCUT2D eigenvalue weighted by Crippen LogP contribution is -2.43. The molecule has 62 heavy (non-hydrogen) atoms. The van der Waals surface area contributed by atoms with Crippen LogP contribution in [0.25, 0.3) is 27.9 Å². The van der Waals surface area contributed by atoms with Gasteiger partial charge in [-0.3, -0.25) is 44.0 Å². The number of primary amides is 2. The van der Waals surface area contributed by atoms with Gasteiger partial charge in [-0.25, -0.2) is 15.0 Å². The molecular formula is C41H52N15O6+. The molecular weight excluding hydrogens is 799 g/mol. The molecule has 4 amide bonds. The summed E-state index contributed by atoms with van der Waals surface area (Å²) in [5.41, 5.74) is 14.2. The van der Waals surface area contributed by atoms with Gasteiger partial charge in [-0.05, 0) is 31.5 Å². The van der Waals surface area contributed by atoms with Crippen molar-refractivity contribution in [2.24, 2.45) is 25.6 Å². The Hall–Kier alpha value is -7.00. The fourth-order valence-electron chi connectivity index (χ4n) is 8.17. The molecule has 2 bridgehead atoms. The Morgan fingerprint density at radius 2 is 1.55 bits per heavy atom. The maximum Gasteiger partial charge on any atom is 0.331 e. The van der Waals surface area contributed by atoms with E-state index in [1.54, 1.807) is 53.8 Å². The Morgan fingerprint density at radius 1 is 0.887 bits per heavy atom. The highest BCUT2D eigenvalue weighted by Crippen LogP contribution is 2.33. The smallest absolute Gasteiger partial charge is 0.331 e. The van der Waals surface area contributed by atoms with Crippen LogP contribution in [0.5, 0.6) is 5.75 Å². The third-order valence-corrected chi connectivity index (χ3v) is 10.8. The zero-order valence-corrected chi connectivity index (χ0v) is 36.1. The lowest BCUT2D eigenvalue weighted by atomic mass is 10.1. The second kappa shape index (κ2) is 17.5. The Bertz CT molecular complexity index is 2760. The molecule has 0 aliphatic carbocycles. The summed E-state index contributed by atoms with van der Waals surface area (Å²) in [5, 5.41) is 15.0. The number of rotatable bonds is 6. The third-order valence-electron chi connectivity index (χ3n) is 10.8. The van der Waals surface area contributed by atoms with Crippen LogP contribution in [0.15, 0.2) is 36.5 Å². The van der Waals surface area contributed by atoms with Gasteiger partial charge in [0.05, 0.1) is 36.5 Å². The normalized spacial score (nSPS) is 17.7. The number of morpholine rings is 1. The van der Waals surface area contributed by atoms with Crippen LogP contribution in [0.2, 0.25) is 0 Å². The summed E-state index contributed by atoms with van der Waals surface area (Å²) in [5.74, 6) is -1.39. The minimum absolute atomic E-state index is 0.0666. The molecule has 1 aromatic carbocycles. The molecule has 0 radical (unpaired) electrons. The van der Waals surface area contributed by atoms with Crippen LogP contribution < -0.4 is 31.4 Å². The van der Waals surface area contributed by atoms with Crippen molar-refractivity contribution in [3.05, 3.63) is 70.7 Å². The van der Waals surface area contributed by atoms with Crippen LogP contribution in [0, 0.1) is 13.8 Å². The number of carbonyl (C=O) groups excluding carboxylic acids is 4. The second-order valence-electron chi connectivity index (χ2n) is 14.5. The van der Waals surface area contributed by atoms with E-state index in [9.17, 15) is 19.2 Å². The van der Waals surface area contributed by atoms with E-state index >= 15 is 0 Å². The molecule has 21 heteroatoms. The number of hydrogen-bond acceptors (Lipinski definition) is 12. The number of nitrogens with two attached hydrogens (primary N) is 2. The van der Waals surface area contributed by atoms with E-state index in [2.05, 4.69) is 35.7 Å². The van der Waals surface area contributed by atoms with Crippen molar-refractivity contribution in [3.63, 3.8) is 0 Å². The van der Waals surface area contributed by atoms with E-state index in [0.29, 0.717) is 71.0 Å². The lowest BCUT2D eigenvalue weighted by Gasteiger charge is -2.26. The van der Waals surface area contributed by atoms with Gasteiger partial charge in [0.1, 0.15) is 23.4 Å². The van der Waals surface area contributed by atoms with Gasteiger partial charge in [-0.1, -0.05) is 39.8 Å². The molecule has 8 heterocycles. The average Bonchev–Trinajstić information content (AvgIpc) is 4.10. The van der Waals surface area contributed by atoms with Crippen molar-refractivity contribution in [2.45, 2.75) is 73.2 Å². The highest BCUT2D eigenvalue weighted by atomic mass is 16.5. The first kappa shape index (κ1) is 43.1.